The van der Waals surface area contributed by atoms with Gasteiger partial charge in [-0.2, -0.15) is 15.0 Å². The number of aromatic nitrogens is 3. The van der Waals surface area contributed by atoms with Crippen molar-refractivity contribution in [2.75, 3.05) is 11.1 Å². The second-order valence-electron chi connectivity index (χ2n) is 5.01. The molecule has 0 aliphatic heterocycles. The number of ether oxygens (including phenoxy) is 1. The first-order valence-corrected chi connectivity index (χ1v) is 8.30. The van der Waals surface area contributed by atoms with Gasteiger partial charge >= 0.3 is 5.97 Å². The van der Waals surface area contributed by atoms with Crippen molar-refractivity contribution in [3.05, 3.63) is 64.8 Å². The number of esters is 1. The number of nitrogens with zero attached hydrogens (tertiary/aromatic N) is 3. The molecule has 0 aliphatic rings. The third-order valence-corrected chi connectivity index (χ3v) is 3.48. The predicted octanol–water partition coefficient (Wildman–Crippen LogP) is 3.31. The van der Waals surface area contributed by atoms with Crippen LogP contribution in [0.4, 0.5) is 17.6 Å². The molecular weight excluding hydrogens is 402 g/mol. The van der Waals surface area contributed by atoms with E-state index in [-0.39, 0.29) is 24.3 Å². The molecule has 26 heavy (non-hydrogen) atoms. The molecule has 8 nitrogen and oxygen atoms in total. The van der Waals surface area contributed by atoms with Gasteiger partial charge in [0.15, 0.2) is 17.1 Å². The Morgan fingerprint density at radius 1 is 1.19 bits per heavy atom. The van der Waals surface area contributed by atoms with E-state index >= 15 is 0 Å². The smallest absolute Gasteiger partial charge is 0.331 e. The highest BCUT2D eigenvalue weighted by molar-refractivity contribution is 9.10. The number of rotatable bonds is 6. The van der Waals surface area contributed by atoms with E-state index < -0.39 is 5.97 Å². The number of para-hydroxylation sites is 1. The number of carbonyl (C=O) groups excluding carboxylic acids is 1. The van der Waals surface area contributed by atoms with Crippen molar-refractivity contribution in [2.45, 2.75) is 6.61 Å². The number of anilines is 3. The number of halogens is 1. The predicted molar refractivity (Wildman–Crippen MR) is 99.2 cm³/mol. The highest BCUT2D eigenvalue weighted by atomic mass is 79.9. The van der Waals surface area contributed by atoms with Gasteiger partial charge in [0.05, 0.1) is 0 Å². The van der Waals surface area contributed by atoms with E-state index in [1.54, 1.807) is 12.1 Å². The van der Waals surface area contributed by atoms with Gasteiger partial charge in [-0.1, -0.05) is 18.2 Å². The first-order chi connectivity index (χ1) is 12.6. The molecule has 0 fully saturated rings. The molecular formula is C17H14BrN5O3. The summed E-state index contributed by atoms with van der Waals surface area (Å²) in [6, 6.07) is 12.8. The Balaban J connectivity index is 1.60. The fourth-order valence-electron chi connectivity index (χ4n) is 1.96. The van der Waals surface area contributed by atoms with Crippen LogP contribution in [-0.4, -0.2) is 20.9 Å². The lowest BCUT2D eigenvalue weighted by Crippen LogP contribution is -2.10. The van der Waals surface area contributed by atoms with Crippen molar-refractivity contribution in [3.8, 4) is 0 Å². The molecule has 0 saturated heterocycles. The summed E-state index contributed by atoms with van der Waals surface area (Å²) in [4.78, 5) is 23.9. The Kier molecular flexibility index (Phi) is 5.59. The zero-order valence-corrected chi connectivity index (χ0v) is 15.0. The lowest BCUT2D eigenvalue weighted by Gasteiger charge is -2.07. The van der Waals surface area contributed by atoms with Gasteiger partial charge in [-0.3, -0.25) is 0 Å². The summed E-state index contributed by atoms with van der Waals surface area (Å²) in [6.07, 6.45) is 2.75. The van der Waals surface area contributed by atoms with Crippen molar-refractivity contribution in [2.24, 2.45) is 0 Å². The van der Waals surface area contributed by atoms with Gasteiger partial charge in [0, 0.05) is 11.8 Å². The molecule has 0 saturated carbocycles. The van der Waals surface area contributed by atoms with E-state index in [2.05, 4.69) is 36.2 Å². The lowest BCUT2D eigenvalue weighted by atomic mass is 10.3. The Bertz CT molecular complexity index is 927. The SMILES string of the molecule is Nc1nc(COC(=O)/C=C/c2ccc(Br)o2)nc(Nc2ccccc2)n1. The maximum absolute atomic E-state index is 11.8. The standard InChI is InChI=1S/C17H14BrN5O3/c18-13-8-6-12(26-13)7-9-15(24)25-10-14-21-16(19)23-17(22-14)20-11-4-2-1-3-5-11/h1-9H,10H2,(H3,19,20,21,22,23)/b9-7+. The van der Waals surface area contributed by atoms with Crippen LogP contribution in [0.3, 0.4) is 0 Å². The molecule has 3 N–H and O–H groups in total. The first kappa shape index (κ1) is 17.6. The fraction of sp³-hybridized carbons (Fsp3) is 0.0588. The Morgan fingerprint density at radius 2 is 2.00 bits per heavy atom. The van der Waals surface area contributed by atoms with Gasteiger partial charge in [-0.15, -0.1) is 0 Å². The molecule has 0 bridgehead atoms. The van der Waals surface area contributed by atoms with Crippen LogP contribution in [0.15, 0.2) is 57.6 Å². The second-order valence-corrected chi connectivity index (χ2v) is 5.79. The monoisotopic (exact) mass is 415 g/mol. The molecule has 0 amide bonds. The van der Waals surface area contributed by atoms with Crippen LogP contribution >= 0.6 is 15.9 Å². The van der Waals surface area contributed by atoms with Crippen LogP contribution in [0, 0.1) is 0 Å². The van der Waals surface area contributed by atoms with Crippen molar-refractivity contribution in [1.29, 1.82) is 0 Å². The molecule has 2 aromatic heterocycles. The largest absolute Gasteiger partial charge is 0.454 e. The van der Waals surface area contributed by atoms with Gasteiger partial charge in [0.25, 0.3) is 0 Å². The molecule has 0 aliphatic carbocycles. The maximum atomic E-state index is 11.8. The van der Waals surface area contributed by atoms with Crippen molar-refractivity contribution in [3.63, 3.8) is 0 Å². The van der Waals surface area contributed by atoms with E-state index in [0.717, 1.165) is 5.69 Å². The number of nitrogen functional groups attached to an aromatic ring is 1. The van der Waals surface area contributed by atoms with Gasteiger partial charge in [0.2, 0.25) is 11.9 Å². The van der Waals surface area contributed by atoms with Crippen LogP contribution in [-0.2, 0) is 16.1 Å². The lowest BCUT2D eigenvalue weighted by molar-refractivity contribution is -0.139. The molecule has 0 radical (unpaired) electrons. The number of hydrogen-bond acceptors (Lipinski definition) is 8. The second kappa shape index (κ2) is 8.26. The quantitative estimate of drug-likeness (QED) is 0.465. The summed E-state index contributed by atoms with van der Waals surface area (Å²) in [6.45, 7) is -0.138. The molecule has 0 atom stereocenters. The van der Waals surface area contributed by atoms with E-state index in [0.29, 0.717) is 10.4 Å². The zero-order valence-electron chi connectivity index (χ0n) is 13.4. The van der Waals surface area contributed by atoms with Crippen LogP contribution in [0.25, 0.3) is 6.08 Å². The van der Waals surface area contributed by atoms with Crippen molar-refractivity contribution < 1.29 is 13.9 Å². The number of furan rings is 1. The van der Waals surface area contributed by atoms with Crippen LogP contribution in [0.1, 0.15) is 11.6 Å². The fourth-order valence-corrected chi connectivity index (χ4v) is 2.28. The Morgan fingerprint density at radius 3 is 2.73 bits per heavy atom. The van der Waals surface area contributed by atoms with Gasteiger partial charge in [0.1, 0.15) is 5.76 Å². The average molecular weight is 416 g/mol. The zero-order chi connectivity index (χ0) is 18.4. The highest BCUT2D eigenvalue weighted by Crippen LogP contribution is 2.15. The summed E-state index contributed by atoms with van der Waals surface area (Å²) in [7, 11) is 0. The highest BCUT2D eigenvalue weighted by Gasteiger charge is 2.07. The van der Waals surface area contributed by atoms with E-state index in [1.165, 1.54) is 12.2 Å². The third kappa shape index (κ3) is 5.15. The minimum Gasteiger partial charge on any atom is -0.454 e. The average Bonchev–Trinajstić information content (AvgIpc) is 3.04. The van der Waals surface area contributed by atoms with Gasteiger partial charge < -0.3 is 20.2 Å². The Hall–Kier alpha value is -3.20. The summed E-state index contributed by atoms with van der Waals surface area (Å²) >= 11 is 3.18. The molecule has 3 rings (SSSR count). The number of nitrogens with one attached hydrogen (secondary N) is 1. The Labute approximate surface area is 157 Å². The molecule has 0 spiro atoms. The van der Waals surface area contributed by atoms with Crippen LogP contribution in [0.5, 0.6) is 0 Å². The molecule has 0 unspecified atom stereocenters. The molecule has 132 valence electrons. The minimum atomic E-state index is -0.561. The maximum Gasteiger partial charge on any atom is 0.331 e. The van der Waals surface area contributed by atoms with Crippen molar-refractivity contribution >= 4 is 45.6 Å². The van der Waals surface area contributed by atoms with Crippen LogP contribution < -0.4 is 11.1 Å². The third-order valence-electron chi connectivity index (χ3n) is 3.05. The topological polar surface area (TPSA) is 116 Å². The number of carbonyl (C=O) groups is 1. The number of nitrogens with two attached hydrogens (primary N) is 1. The molecule has 3 aromatic rings. The van der Waals surface area contributed by atoms with E-state index in [4.69, 9.17) is 14.9 Å². The van der Waals surface area contributed by atoms with E-state index in [9.17, 15) is 4.79 Å². The van der Waals surface area contributed by atoms with E-state index in [1.807, 2.05) is 30.3 Å². The van der Waals surface area contributed by atoms with Gasteiger partial charge in [-0.25, -0.2) is 4.79 Å². The minimum absolute atomic E-state index is 0.0282. The molecule has 2 heterocycles. The first-order valence-electron chi connectivity index (χ1n) is 7.51. The number of benzene rings is 1. The number of hydrogen-bond donors (Lipinski definition) is 2. The summed E-state index contributed by atoms with van der Waals surface area (Å²) in [5.41, 5.74) is 6.48. The van der Waals surface area contributed by atoms with Gasteiger partial charge in [-0.05, 0) is 46.3 Å². The normalized spacial score (nSPS) is 10.8. The summed E-state index contributed by atoms with van der Waals surface area (Å²) < 4.78 is 10.9. The molecule has 1 aromatic carbocycles. The summed E-state index contributed by atoms with van der Waals surface area (Å²) in [5, 5.41) is 3.01. The molecule has 9 heteroatoms. The van der Waals surface area contributed by atoms with Crippen LogP contribution in [0.2, 0.25) is 0 Å². The van der Waals surface area contributed by atoms with Crippen molar-refractivity contribution in [1.82, 2.24) is 15.0 Å². The summed E-state index contributed by atoms with van der Waals surface area (Å²) in [5.74, 6) is 0.492.